The number of nitrogens with one attached hydrogen (secondary N) is 2. The normalized spacial score (nSPS) is 10.7. The van der Waals surface area contributed by atoms with Gasteiger partial charge in [0.1, 0.15) is 17.8 Å². The van der Waals surface area contributed by atoms with Crippen molar-refractivity contribution in [3.05, 3.63) is 102 Å². The second kappa shape index (κ2) is 8.39. The molecule has 29 heavy (non-hydrogen) atoms. The number of nitrogens with two attached hydrogens (primary N) is 1. The number of nitrogens with zero attached hydrogens (tertiary/aromatic N) is 3. The van der Waals surface area contributed by atoms with Crippen LogP contribution < -0.4 is 16.4 Å². The van der Waals surface area contributed by atoms with E-state index in [-0.39, 0.29) is 6.04 Å². The van der Waals surface area contributed by atoms with E-state index in [1.54, 1.807) is 6.20 Å². The molecule has 0 fully saturated rings. The van der Waals surface area contributed by atoms with Crippen molar-refractivity contribution in [3.63, 3.8) is 0 Å². The van der Waals surface area contributed by atoms with Gasteiger partial charge >= 0.3 is 0 Å². The van der Waals surface area contributed by atoms with Crippen LogP contribution in [0.5, 0.6) is 0 Å². The number of benzene rings is 2. The third-order valence-corrected chi connectivity index (χ3v) is 4.59. The third kappa shape index (κ3) is 4.32. The molecule has 4 N–H and O–H groups in total. The molecule has 144 valence electrons. The standard InChI is InChI=1S/C23H22N6/c1-16-12-13-25-19(14-16)28-22-20(24)23(27-15-26-22)29-21(17-8-4-2-5-9-17)18-10-6-3-7-11-18/h2-15,21H,24H2,1H3,(H2,25,26,27,28,29). The van der Waals surface area contributed by atoms with E-state index in [1.165, 1.54) is 6.33 Å². The van der Waals surface area contributed by atoms with Crippen LogP contribution in [-0.4, -0.2) is 15.0 Å². The summed E-state index contributed by atoms with van der Waals surface area (Å²) in [7, 11) is 0. The maximum absolute atomic E-state index is 6.40. The van der Waals surface area contributed by atoms with Crippen LogP contribution >= 0.6 is 0 Å². The number of aryl methyl sites for hydroxylation is 1. The first-order chi connectivity index (χ1) is 14.2. The lowest BCUT2D eigenvalue weighted by Crippen LogP contribution is -2.15. The Labute approximate surface area is 169 Å². The van der Waals surface area contributed by atoms with Crippen molar-refractivity contribution in [1.82, 2.24) is 15.0 Å². The summed E-state index contributed by atoms with van der Waals surface area (Å²) in [6.45, 7) is 2.01. The van der Waals surface area contributed by atoms with Crippen molar-refractivity contribution in [2.75, 3.05) is 16.4 Å². The Morgan fingerprint density at radius 2 is 1.41 bits per heavy atom. The fourth-order valence-electron chi connectivity index (χ4n) is 3.12. The number of aromatic nitrogens is 3. The lowest BCUT2D eigenvalue weighted by Gasteiger charge is -2.22. The summed E-state index contributed by atoms with van der Waals surface area (Å²) >= 11 is 0. The summed E-state index contributed by atoms with van der Waals surface area (Å²) in [4.78, 5) is 13.0. The summed E-state index contributed by atoms with van der Waals surface area (Å²) in [6, 6.07) is 24.2. The molecule has 0 unspecified atom stereocenters. The van der Waals surface area contributed by atoms with Gasteiger partial charge < -0.3 is 16.4 Å². The van der Waals surface area contributed by atoms with Crippen LogP contribution in [0.2, 0.25) is 0 Å². The maximum Gasteiger partial charge on any atom is 0.160 e. The number of hydrogen-bond acceptors (Lipinski definition) is 6. The summed E-state index contributed by atoms with van der Waals surface area (Å²) in [5.74, 6) is 1.76. The molecule has 2 aromatic carbocycles. The van der Waals surface area contributed by atoms with Gasteiger partial charge in [0, 0.05) is 6.20 Å². The van der Waals surface area contributed by atoms with Crippen LogP contribution in [0.4, 0.5) is 23.1 Å². The van der Waals surface area contributed by atoms with E-state index in [2.05, 4.69) is 49.9 Å². The molecule has 0 saturated heterocycles. The van der Waals surface area contributed by atoms with E-state index in [1.807, 2.05) is 55.5 Å². The zero-order chi connectivity index (χ0) is 20.1. The zero-order valence-corrected chi connectivity index (χ0v) is 16.1. The highest BCUT2D eigenvalue weighted by molar-refractivity contribution is 5.77. The predicted octanol–water partition coefficient (Wildman–Crippen LogP) is 4.71. The minimum absolute atomic E-state index is 0.0976. The van der Waals surface area contributed by atoms with Crippen LogP contribution in [0.15, 0.2) is 85.3 Å². The zero-order valence-electron chi connectivity index (χ0n) is 16.1. The van der Waals surface area contributed by atoms with Gasteiger partial charge in [0.05, 0.1) is 6.04 Å². The number of rotatable bonds is 6. The first-order valence-electron chi connectivity index (χ1n) is 9.37. The summed E-state index contributed by atoms with van der Waals surface area (Å²) in [5, 5.41) is 6.66. The molecule has 0 amide bonds. The highest BCUT2D eigenvalue weighted by Gasteiger charge is 2.17. The molecule has 0 atom stereocenters. The van der Waals surface area contributed by atoms with Gasteiger partial charge in [-0.1, -0.05) is 60.7 Å². The van der Waals surface area contributed by atoms with Crippen LogP contribution in [0, 0.1) is 6.92 Å². The molecular weight excluding hydrogens is 360 g/mol. The van der Waals surface area contributed by atoms with E-state index in [4.69, 9.17) is 5.73 Å². The van der Waals surface area contributed by atoms with E-state index in [0.29, 0.717) is 23.1 Å². The van der Waals surface area contributed by atoms with Gasteiger partial charge in [-0.25, -0.2) is 15.0 Å². The Morgan fingerprint density at radius 1 is 0.793 bits per heavy atom. The van der Waals surface area contributed by atoms with Crippen molar-refractivity contribution >= 4 is 23.1 Å². The first kappa shape index (κ1) is 18.4. The number of pyridine rings is 1. The summed E-state index contributed by atoms with van der Waals surface area (Å²) < 4.78 is 0. The van der Waals surface area contributed by atoms with E-state index in [9.17, 15) is 0 Å². The quantitative estimate of drug-likeness (QED) is 0.448. The fourth-order valence-corrected chi connectivity index (χ4v) is 3.12. The Morgan fingerprint density at radius 3 is 2.03 bits per heavy atom. The number of nitrogen functional groups attached to an aromatic ring is 1. The van der Waals surface area contributed by atoms with Gasteiger partial charge in [0.15, 0.2) is 11.6 Å². The summed E-state index contributed by atoms with van der Waals surface area (Å²) in [6.07, 6.45) is 3.24. The third-order valence-electron chi connectivity index (χ3n) is 4.59. The van der Waals surface area contributed by atoms with Gasteiger partial charge in [-0.2, -0.15) is 0 Å². The average molecular weight is 382 g/mol. The number of anilines is 4. The largest absolute Gasteiger partial charge is 0.393 e. The molecular formula is C23H22N6. The predicted molar refractivity (Wildman–Crippen MR) is 117 cm³/mol. The van der Waals surface area contributed by atoms with Gasteiger partial charge in [-0.15, -0.1) is 0 Å². The fraction of sp³-hybridized carbons (Fsp3) is 0.0870. The van der Waals surface area contributed by atoms with Crippen molar-refractivity contribution in [3.8, 4) is 0 Å². The minimum atomic E-state index is -0.0976. The molecule has 0 saturated carbocycles. The Hall–Kier alpha value is -3.93. The van der Waals surface area contributed by atoms with Crippen LogP contribution in [0.3, 0.4) is 0 Å². The van der Waals surface area contributed by atoms with E-state index in [0.717, 1.165) is 16.7 Å². The van der Waals surface area contributed by atoms with Crippen molar-refractivity contribution in [2.45, 2.75) is 13.0 Å². The van der Waals surface area contributed by atoms with Crippen LogP contribution in [0.1, 0.15) is 22.7 Å². The van der Waals surface area contributed by atoms with Crippen LogP contribution in [0.25, 0.3) is 0 Å². The lowest BCUT2D eigenvalue weighted by atomic mass is 9.99. The van der Waals surface area contributed by atoms with Crippen molar-refractivity contribution < 1.29 is 0 Å². The highest BCUT2D eigenvalue weighted by Crippen LogP contribution is 2.31. The van der Waals surface area contributed by atoms with Crippen molar-refractivity contribution in [1.29, 1.82) is 0 Å². The smallest absolute Gasteiger partial charge is 0.160 e. The topological polar surface area (TPSA) is 88.8 Å². The molecule has 4 aromatic rings. The average Bonchev–Trinajstić information content (AvgIpc) is 2.76. The molecule has 2 heterocycles. The van der Waals surface area contributed by atoms with Crippen molar-refractivity contribution in [2.24, 2.45) is 0 Å². The molecule has 6 nitrogen and oxygen atoms in total. The Kier molecular flexibility index (Phi) is 5.33. The van der Waals surface area contributed by atoms with Gasteiger partial charge in [0.25, 0.3) is 0 Å². The molecule has 0 bridgehead atoms. The highest BCUT2D eigenvalue weighted by atomic mass is 15.1. The van der Waals surface area contributed by atoms with Gasteiger partial charge in [0.2, 0.25) is 0 Å². The molecule has 4 rings (SSSR count). The van der Waals surface area contributed by atoms with E-state index < -0.39 is 0 Å². The molecule has 2 aromatic heterocycles. The Balaban J connectivity index is 1.66. The molecule has 0 radical (unpaired) electrons. The second-order valence-electron chi connectivity index (χ2n) is 6.73. The van der Waals surface area contributed by atoms with Gasteiger partial charge in [-0.05, 0) is 35.7 Å². The second-order valence-corrected chi connectivity index (χ2v) is 6.73. The van der Waals surface area contributed by atoms with E-state index >= 15 is 0 Å². The Bertz CT molecular complexity index is 1040. The molecule has 0 aliphatic rings. The SMILES string of the molecule is Cc1ccnc(Nc2ncnc(NC(c3ccccc3)c3ccccc3)c2N)c1. The van der Waals surface area contributed by atoms with Crippen LogP contribution in [-0.2, 0) is 0 Å². The minimum Gasteiger partial charge on any atom is -0.393 e. The molecule has 6 heteroatoms. The molecule has 0 spiro atoms. The number of hydrogen-bond donors (Lipinski definition) is 3. The maximum atomic E-state index is 6.40. The summed E-state index contributed by atoms with van der Waals surface area (Å²) in [5.41, 5.74) is 10.2. The lowest BCUT2D eigenvalue weighted by molar-refractivity contribution is 0.924. The molecule has 0 aliphatic carbocycles. The monoisotopic (exact) mass is 382 g/mol. The first-order valence-corrected chi connectivity index (χ1v) is 9.37. The van der Waals surface area contributed by atoms with Gasteiger partial charge in [-0.3, -0.25) is 0 Å². The molecule has 0 aliphatic heterocycles.